The molecule has 0 bridgehead atoms. The van der Waals surface area contributed by atoms with Crippen molar-refractivity contribution >= 4 is 28.8 Å². The smallest absolute Gasteiger partial charge is 0.297 e. The van der Waals surface area contributed by atoms with Crippen LogP contribution in [0.5, 0.6) is 0 Å². The Hall–Kier alpha value is -3.62. The molecule has 0 amide bonds. The van der Waals surface area contributed by atoms with E-state index in [1.54, 1.807) is 0 Å². The molecule has 0 atom stereocenters. The molecule has 4 heterocycles. The minimum Gasteiger partial charge on any atom is -0.470 e. The van der Waals surface area contributed by atoms with Crippen molar-refractivity contribution in [2.75, 3.05) is 10.6 Å². The maximum absolute atomic E-state index is 6.30. The molecule has 9 nitrogen and oxygen atoms in total. The van der Waals surface area contributed by atoms with Crippen LogP contribution >= 0.6 is 0 Å². The molecule has 2 aliphatic heterocycles. The first kappa shape index (κ1) is 23.5. The Balaban J connectivity index is 1.85. The van der Waals surface area contributed by atoms with Crippen molar-refractivity contribution in [3.8, 4) is 0 Å². The van der Waals surface area contributed by atoms with E-state index < -0.39 is 11.2 Å². The van der Waals surface area contributed by atoms with Gasteiger partial charge in [-0.25, -0.2) is 15.0 Å². The van der Waals surface area contributed by atoms with Crippen LogP contribution in [-0.4, -0.2) is 32.2 Å². The zero-order valence-electron chi connectivity index (χ0n) is 20.9. The summed E-state index contributed by atoms with van der Waals surface area (Å²) in [6.07, 6.45) is 7.53. The number of aryl methyl sites for hydroxylation is 1. The minimum atomic E-state index is -0.468. The molecule has 0 fully saturated rings. The standard InChI is InChI=1S/C25H33N7O2/c1-8-10-15-19-16(28-22(26)27-15)12-13-18(30-19)32-14-9-11-17-20(32)21(33-24(2,3)4)31-23(29-17)34-25(5,6)7/h9,11-14H,8,10H2,1-7H3,(H,29,31)(H2,26,27,28). The van der Waals surface area contributed by atoms with E-state index >= 15 is 0 Å². The maximum Gasteiger partial charge on any atom is 0.297 e. The number of amidine groups is 1. The van der Waals surface area contributed by atoms with Crippen LogP contribution in [0.25, 0.3) is 11.0 Å². The number of nitrogens with zero attached hydrogens (tertiary/aromatic N) is 5. The predicted molar refractivity (Wildman–Crippen MR) is 135 cm³/mol. The number of rotatable bonds is 4. The van der Waals surface area contributed by atoms with Gasteiger partial charge in [0.15, 0.2) is 0 Å². The third kappa shape index (κ3) is 5.13. The van der Waals surface area contributed by atoms with Crippen LogP contribution in [0.15, 0.2) is 52.8 Å². The molecule has 0 saturated heterocycles. The van der Waals surface area contributed by atoms with Crippen molar-refractivity contribution in [1.29, 1.82) is 0 Å². The van der Waals surface area contributed by atoms with E-state index in [9.17, 15) is 0 Å². The van der Waals surface area contributed by atoms with Crippen molar-refractivity contribution in [2.45, 2.75) is 72.5 Å². The quantitative estimate of drug-likeness (QED) is 0.680. The van der Waals surface area contributed by atoms with Gasteiger partial charge in [-0.05, 0) is 72.2 Å². The summed E-state index contributed by atoms with van der Waals surface area (Å²) in [5, 5.41) is 3.29. The molecule has 9 heteroatoms. The number of aromatic nitrogens is 3. The number of nitrogens with two attached hydrogens (primary N) is 1. The summed E-state index contributed by atoms with van der Waals surface area (Å²) in [4.78, 5) is 20.4. The van der Waals surface area contributed by atoms with Gasteiger partial charge in [0.1, 0.15) is 28.2 Å². The molecule has 180 valence electrons. The van der Waals surface area contributed by atoms with E-state index in [1.807, 2.05) is 76.9 Å². The number of fused-ring (bicyclic) bond motifs is 2. The van der Waals surface area contributed by atoms with E-state index in [0.717, 1.165) is 41.0 Å². The molecule has 4 rings (SSSR count). The first-order chi connectivity index (χ1) is 15.9. The van der Waals surface area contributed by atoms with Crippen LogP contribution in [0.4, 0.5) is 11.8 Å². The van der Waals surface area contributed by atoms with Crippen LogP contribution < -0.4 is 16.0 Å². The Bertz CT molecular complexity index is 1230. The van der Waals surface area contributed by atoms with Gasteiger partial charge in [-0.15, -0.1) is 0 Å². The van der Waals surface area contributed by atoms with Gasteiger partial charge in [0.25, 0.3) is 6.02 Å². The number of hydrogen-bond donors (Lipinski definition) is 2. The van der Waals surface area contributed by atoms with Gasteiger partial charge in [-0.1, -0.05) is 13.3 Å². The number of aliphatic imine (C=N–C) groups is 1. The van der Waals surface area contributed by atoms with Crippen molar-refractivity contribution < 1.29 is 9.47 Å². The van der Waals surface area contributed by atoms with E-state index in [0.29, 0.717) is 17.7 Å². The topological polar surface area (TPSA) is 111 Å². The van der Waals surface area contributed by atoms with Gasteiger partial charge in [-0.2, -0.15) is 4.99 Å². The summed E-state index contributed by atoms with van der Waals surface area (Å²) in [5.74, 6) is 1.40. The molecular weight excluding hydrogens is 430 g/mol. The van der Waals surface area contributed by atoms with E-state index in [-0.39, 0.29) is 5.95 Å². The average Bonchev–Trinajstić information content (AvgIpc) is 2.71. The van der Waals surface area contributed by atoms with Gasteiger partial charge < -0.3 is 20.5 Å². The highest BCUT2D eigenvalue weighted by Crippen LogP contribution is 2.34. The molecule has 0 saturated carbocycles. The molecule has 2 aromatic heterocycles. The van der Waals surface area contributed by atoms with Crippen LogP contribution in [0.1, 0.15) is 60.6 Å². The van der Waals surface area contributed by atoms with Gasteiger partial charge >= 0.3 is 0 Å². The molecule has 0 aliphatic carbocycles. The minimum absolute atomic E-state index is 0.259. The lowest BCUT2D eigenvalue weighted by Crippen LogP contribution is -2.40. The first-order valence-corrected chi connectivity index (χ1v) is 11.5. The third-order valence-corrected chi connectivity index (χ3v) is 4.80. The number of nitrogen functional groups attached to an aromatic ring is 1. The summed E-state index contributed by atoms with van der Waals surface area (Å²) in [6, 6.07) is 4.21. The van der Waals surface area contributed by atoms with Crippen LogP contribution in [-0.2, 0) is 15.9 Å². The first-order valence-electron chi connectivity index (χ1n) is 11.5. The van der Waals surface area contributed by atoms with E-state index in [4.69, 9.17) is 20.2 Å². The van der Waals surface area contributed by atoms with Crippen molar-refractivity contribution in [3.63, 3.8) is 0 Å². The SMILES string of the molecule is CCCc1nc(N)nc2ccc(N3C=CC=C4NC(OC(C)(C)C)=NC(OC(C)(C)C)=C43)nc12. The van der Waals surface area contributed by atoms with Gasteiger partial charge in [0, 0.05) is 6.20 Å². The van der Waals surface area contributed by atoms with E-state index in [2.05, 4.69) is 27.2 Å². The zero-order valence-corrected chi connectivity index (χ0v) is 20.9. The number of hydrogen-bond acceptors (Lipinski definition) is 9. The molecule has 2 aromatic rings. The summed E-state index contributed by atoms with van der Waals surface area (Å²) >= 11 is 0. The zero-order chi connectivity index (χ0) is 24.7. The second kappa shape index (κ2) is 8.62. The van der Waals surface area contributed by atoms with E-state index in [1.165, 1.54) is 0 Å². The van der Waals surface area contributed by atoms with Crippen molar-refractivity contribution in [3.05, 3.63) is 53.5 Å². The normalized spacial score (nSPS) is 16.1. The monoisotopic (exact) mass is 463 g/mol. The largest absolute Gasteiger partial charge is 0.470 e. The lowest BCUT2D eigenvalue weighted by molar-refractivity contribution is 0.0454. The molecular formula is C25H33N7O2. The lowest BCUT2D eigenvalue weighted by Gasteiger charge is -2.35. The molecule has 0 aromatic carbocycles. The maximum atomic E-state index is 6.30. The highest BCUT2D eigenvalue weighted by Gasteiger charge is 2.32. The molecule has 3 N–H and O–H groups in total. The second-order valence-corrected chi connectivity index (χ2v) is 10.2. The highest BCUT2D eigenvalue weighted by molar-refractivity contribution is 5.83. The average molecular weight is 464 g/mol. The van der Waals surface area contributed by atoms with Crippen molar-refractivity contribution in [1.82, 2.24) is 20.3 Å². The fourth-order valence-corrected chi connectivity index (χ4v) is 3.64. The van der Waals surface area contributed by atoms with Gasteiger partial charge in [-0.3, -0.25) is 4.90 Å². The predicted octanol–water partition coefficient (Wildman–Crippen LogP) is 4.54. The Kier molecular flexibility index (Phi) is 5.97. The van der Waals surface area contributed by atoms with Crippen LogP contribution in [0.2, 0.25) is 0 Å². The molecule has 2 aliphatic rings. The van der Waals surface area contributed by atoms with Crippen molar-refractivity contribution in [2.24, 2.45) is 4.99 Å². The molecule has 0 radical (unpaired) electrons. The summed E-state index contributed by atoms with van der Waals surface area (Å²) < 4.78 is 12.3. The number of nitrogens with one attached hydrogen (secondary N) is 1. The third-order valence-electron chi connectivity index (χ3n) is 4.80. The Morgan fingerprint density at radius 3 is 2.41 bits per heavy atom. The molecule has 0 unspecified atom stereocenters. The fourth-order valence-electron chi connectivity index (χ4n) is 3.64. The van der Waals surface area contributed by atoms with Gasteiger partial charge in [0.2, 0.25) is 11.8 Å². The number of allylic oxidation sites excluding steroid dienone is 2. The summed E-state index contributed by atoms with van der Waals surface area (Å²) in [6.45, 7) is 14.0. The lowest BCUT2D eigenvalue weighted by atomic mass is 10.1. The van der Waals surface area contributed by atoms with Crippen LogP contribution in [0, 0.1) is 0 Å². The Morgan fingerprint density at radius 1 is 1.00 bits per heavy atom. The second-order valence-electron chi connectivity index (χ2n) is 10.2. The summed E-state index contributed by atoms with van der Waals surface area (Å²) in [7, 11) is 0. The molecule has 0 spiro atoms. The van der Waals surface area contributed by atoms with Crippen LogP contribution in [0.3, 0.4) is 0 Å². The number of ether oxygens (including phenoxy) is 2. The highest BCUT2D eigenvalue weighted by atomic mass is 16.5. The Labute approximate surface area is 200 Å². The molecule has 34 heavy (non-hydrogen) atoms. The number of anilines is 2. The summed E-state index contributed by atoms with van der Waals surface area (Å²) in [5.41, 5.74) is 8.88. The fraction of sp³-hybridized carbons (Fsp3) is 0.440. The number of pyridine rings is 1. The van der Waals surface area contributed by atoms with Gasteiger partial charge in [0.05, 0.1) is 16.9 Å². The Morgan fingerprint density at radius 2 is 1.74 bits per heavy atom.